The molecule has 0 aromatic carbocycles. The third-order valence-electron chi connectivity index (χ3n) is 3.54. The number of pyridine rings is 1. The summed E-state index contributed by atoms with van der Waals surface area (Å²) in [4.78, 5) is 16.2. The van der Waals surface area contributed by atoms with Gasteiger partial charge in [0.05, 0.1) is 11.0 Å². The predicted molar refractivity (Wildman–Crippen MR) is 75.4 cm³/mol. The van der Waals surface area contributed by atoms with Gasteiger partial charge in [-0.2, -0.15) is 0 Å². The molecule has 1 fully saturated rings. The normalized spacial score (nSPS) is 21.7. The quantitative estimate of drug-likeness (QED) is 0.233. The van der Waals surface area contributed by atoms with Gasteiger partial charge in [-0.3, -0.25) is 10.1 Å². The molecule has 9 heteroatoms. The lowest BCUT2D eigenvalue weighted by Crippen LogP contribution is -2.37. The first-order valence-electron chi connectivity index (χ1n) is 6.45. The molecule has 1 saturated carbocycles. The van der Waals surface area contributed by atoms with Crippen molar-refractivity contribution in [3.05, 3.63) is 27.9 Å². The maximum Gasteiger partial charge on any atom is 0.298 e. The molecular weight excluding hydrogens is 278 g/mol. The van der Waals surface area contributed by atoms with Gasteiger partial charge in [0.2, 0.25) is 0 Å². The van der Waals surface area contributed by atoms with E-state index < -0.39 is 10.8 Å². The summed E-state index contributed by atoms with van der Waals surface area (Å²) in [5.74, 6) is 0.453. The SMILES string of the molecule is CN(CC1CC(O)C1)c1ccc([N+](=O)[O-])c(/C(N)=N/O)n1. The van der Waals surface area contributed by atoms with E-state index in [2.05, 4.69) is 10.1 Å². The van der Waals surface area contributed by atoms with Crippen LogP contribution < -0.4 is 10.6 Å². The van der Waals surface area contributed by atoms with Crippen molar-refractivity contribution in [3.8, 4) is 0 Å². The molecule has 1 aliphatic rings. The largest absolute Gasteiger partial charge is 0.409 e. The molecule has 1 aliphatic carbocycles. The Labute approximate surface area is 120 Å². The zero-order valence-corrected chi connectivity index (χ0v) is 11.5. The standard InChI is InChI=1S/C12H17N5O4/c1-16(6-7-4-8(18)5-7)10-3-2-9(17(20)21)11(14-10)12(13)15-19/h2-3,7-8,18-19H,4-6H2,1H3,(H2,13,15). The van der Waals surface area contributed by atoms with Gasteiger partial charge in [-0.25, -0.2) is 4.98 Å². The predicted octanol–water partition coefficient (Wildman–Crippen LogP) is 0.291. The highest BCUT2D eigenvalue weighted by atomic mass is 16.6. The third kappa shape index (κ3) is 3.19. The molecule has 0 bridgehead atoms. The number of aromatic nitrogens is 1. The number of amidine groups is 1. The second kappa shape index (κ2) is 5.92. The lowest BCUT2D eigenvalue weighted by molar-refractivity contribution is -0.385. The lowest BCUT2D eigenvalue weighted by Gasteiger charge is -2.34. The summed E-state index contributed by atoms with van der Waals surface area (Å²) >= 11 is 0. The Hall–Kier alpha value is -2.42. The maximum atomic E-state index is 10.9. The van der Waals surface area contributed by atoms with Crippen molar-refractivity contribution in [2.45, 2.75) is 18.9 Å². The van der Waals surface area contributed by atoms with Crippen molar-refractivity contribution < 1.29 is 15.2 Å². The van der Waals surface area contributed by atoms with Crippen molar-refractivity contribution in [1.29, 1.82) is 0 Å². The van der Waals surface area contributed by atoms with Crippen LogP contribution in [0.2, 0.25) is 0 Å². The molecule has 2 rings (SSSR count). The number of hydrogen-bond acceptors (Lipinski definition) is 7. The Morgan fingerprint density at radius 1 is 1.62 bits per heavy atom. The molecule has 1 aromatic rings. The fraction of sp³-hybridized carbons (Fsp3) is 0.500. The summed E-state index contributed by atoms with van der Waals surface area (Å²) < 4.78 is 0. The fourth-order valence-electron chi connectivity index (χ4n) is 2.37. The van der Waals surface area contributed by atoms with Gasteiger partial charge >= 0.3 is 0 Å². The van der Waals surface area contributed by atoms with Crippen LogP contribution in [0.5, 0.6) is 0 Å². The molecule has 0 amide bonds. The van der Waals surface area contributed by atoms with Gasteiger partial charge in [0.15, 0.2) is 11.5 Å². The van der Waals surface area contributed by atoms with Crippen LogP contribution in [0.3, 0.4) is 0 Å². The Bertz CT molecular complexity index is 571. The first kappa shape index (κ1) is 15.0. The lowest BCUT2D eigenvalue weighted by atomic mass is 9.82. The van der Waals surface area contributed by atoms with Crippen molar-refractivity contribution in [1.82, 2.24) is 4.98 Å². The number of hydrogen-bond donors (Lipinski definition) is 3. The first-order chi connectivity index (χ1) is 9.92. The molecule has 1 heterocycles. The second-order valence-corrected chi connectivity index (χ2v) is 5.15. The van der Waals surface area contributed by atoms with E-state index in [0.717, 1.165) is 12.8 Å². The van der Waals surface area contributed by atoms with Crippen molar-refractivity contribution >= 4 is 17.3 Å². The van der Waals surface area contributed by atoms with Gasteiger partial charge in [-0.15, -0.1) is 0 Å². The van der Waals surface area contributed by atoms with E-state index in [1.54, 1.807) is 7.05 Å². The molecule has 0 atom stereocenters. The van der Waals surface area contributed by atoms with Crippen LogP contribution in [0.25, 0.3) is 0 Å². The maximum absolute atomic E-state index is 10.9. The number of nitrogens with zero attached hydrogens (tertiary/aromatic N) is 4. The molecule has 114 valence electrons. The van der Waals surface area contributed by atoms with E-state index in [1.165, 1.54) is 12.1 Å². The highest BCUT2D eigenvalue weighted by Crippen LogP contribution is 2.29. The summed E-state index contributed by atoms with van der Waals surface area (Å²) in [5.41, 5.74) is 4.96. The fourth-order valence-corrected chi connectivity index (χ4v) is 2.37. The van der Waals surface area contributed by atoms with Crippen molar-refractivity contribution in [2.75, 3.05) is 18.5 Å². The van der Waals surface area contributed by atoms with Gasteiger partial charge in [0.1, 0.15) is 5.82 Å². The summed E-state index contributed by atoms with van der Waals surface area (Å²) in [6, 6.07) is 2.79. The smallest absolute Gasteiger partial charge is 0.298 e. The minimum Gasteiger partial charge on any atom is -0.409 e. The monoisotopic (exact) mass is 295 g/mol. The van der Waals surface area contributed by atoms with Gasteiger partial charge in [-0.1, -0.05) is 5.16 Å². The number of oxime groups is 1. The van der Waals surface area contributed by atoms with Crippen LogP contribution in [0.1, 0.15) is 18.5 Å². The molecule has 0 radical (unpaired) electrons. The van der Waals surface area contributed by atoms with E-state index in [0.29, 0.717) is 18.3 Å². The number of aliphatic hydroxyl groups excluding tert-OH is 1. The van der Waals surface area contributed by atoms with Crippen LogP contribution in [0, 0.1) is 16.0 Å². The van der Waals surface area contributed by atoms with E-state index in [4.69, 9.17) is 10.9 Å². The van der Waals surface area contributed by atoms with E-state index in [9.17, 15) is 15.2 Å². The Kier molecular flexibility index (Phi) is 4.22. The number of nitrogens with two attached hydrogens (primary N) is 1. The molecule has 0 spiro atoms. The molecule has 9 nitrogen and oxygen atoms in total. The molecule has 0 unspecified atom stereocenters. The van der Waals surface area contributed by atoms with Gasteiger partial charge in [0, 0.05) is 19.7 Å². The Morgan fingerprint density at radius 3 is 2.81 bits per heavy atom. The summed E-state index contributed by atoms with van der Waals surface area (Å²) in [6.07, 6.45) is 1.25. The summed E-state index contributed by atoms with van der Waals surface area (Å²) in [6.45, 7) is 0.678. The topological polar surface area (TPSA) is 138 Å². The van der Waals surface area contributed by atoms with Gasteiger partial charge in [-0.05, 0) is 24.8 Å². The number of anilines is 1. The summed E-state index contributed by atoms with van der Waals surface area (Å²) in [5, 5.41) is 31.7. The molecule has 21 heavy (non-hydrogen) atoms. The molecule has 0 saturated heterocycles. The van der Waals surface area contributed by atoms with Gasteiger partial charge < -0.3 is 20.9 Å². The highest BCUT2D eigenvalue weighted by Gasteiger charge is 2.29. The second-order valence-electron chi connectivity index (χ2n) is 5.15. The number of nitro groups is 1. The first-order valence-corrected chi connectivity index (χ1v) is 6.45. The van der Waals surface area contributed by atoms with Crippen LogP contribution >= 0.6 is 0 Å². The van der Waals surface area contributed by atoms with E-state index in [1.807, 2.05) is 4.90 Å². The Balaban J connectivity index is 2.22. The number of rotatable bonds is 5. The van der Waals surface area contributed by atoms with Crippen LogP contribution in [-0.4, -0.2) is 45.8 Å². The highest BCUT2D eigenvalue weighted by molar-refractivity contribution is 5.99. The molecule has 1 aromatic heterocycles. The molecule has 0 aliphatic heterocycles. The zero-order chi connectivity index (χ0) is 15.6. The van der Waals surface area contributed by atoms with E-state index >= 15 is 0 Å². The van der Waals surface area contributed by atoms with Crippen LogP contribution in [0.15, 0.2) is 17.3 Å². The van der Waals surface area contributed by atoms with Gasteiger partial charge in [0.25, 0.3) is 5.69 Å². The average molecular weight is 295 g/mol. The average Bonchev–Trinajstić information content (AvgIpc) is 2.43. The van der Waals surface area contributed by atoms with E-state index in [-0.39, 0.29) is 17.5 Å². The minimum atomic E-state index is -0.632. The van der Waals surface area contributed by atoms with Crippen molar-refractivity contribution in [2.24, 2.45) is 16.8 Å². The summed E-state index contributed by atoms with van der Waals surface area (Å²) in [7, 11) is 1.80. The third-order valence-corrected chi connectivity index (χ3v) is 3.54. The Morgan fingerprint density at radius 2 is 2.29 bits per heavy atom. The zero-order valence-electron chi connectivity index (χ0n) is 11.5. The van der Waals surface area contributed by atoms with Crippen molar-refractivity contribution in [3.63, 3.8) is 0 Å². The van der Waals surface area contributed by atoms with Crippen LogP contribution in [-0.2, 0) is 0 Å². The minimum absolute atomic E-state index is 0.166. The van der Waals surface area contributed by atoms with Crippen LogP contribution in [0.4, 0.5) is 11.5 Å². The molecule has 4 N–H and O–H groups in total. The molecular formula is C12H17N5O4. The number of aliphatic hydroxyl groups is 1.